The van der Waals surface area contributed by atoms with Crippen molar-refractivity contribution in [1.29, 1.82) is 0 Å². The summed E-state index contributed by atoms with van der Waals surface area (Å²) in [7, 11) is 0. The van der Waals surface area contributed by atoms with Crippen molar-refractivity contribution in [3.05, 3.63) is 75.3 Å². The fourth-order valence-corrected chi connectivity index (χ4v) is 6.47. The monoisotopic (exact) mass is 739 g/mol. The van der Waals surface area contributed by atoms with Gasteiger partial charge in [0.25, 0.3) is 11.1 Å². The molecule has 0 bridgehead atoms. The molecular weight excluding hydrogens is 703 g/mol. The minimum absolute atomic E-state index is 0.0170. The van der Waals surface area contributed by atoms with Gasteiger partial charge in [0.2, 0.25) is 0 Å². The summed E-state index contributed by atoms with van der Waals surface area (Å²) in [5, 5.41) is 20.0. The highest BCUT2D eigenvalue weighted by Crippen LogP contribution is 2.36. The minimum Gasteiger partial charge on any atom is -0.465 e. The Bertz CT molecular complexity index is 1800. The molecule has 3 aromatic rings. The van der Waals surface area contributed by atoms with Gasteiger partial charge in [-0.05, 0) is 101 Å². The first-order chi connectivity index (χ1) is 23.1. The van der Waals surface area contributed by atoms with Crippen LogP contribution in [-0.2, 0) is 22.4 Å². The van der Waals surface area contributed by atoms with Crippen LogP contribution in [0.3, 0.4) is 0 Å². The van der Waals surface area contributed by atoms with E-state index >= 15 is 0 Å². The summed E-state index contributed by atoms with van der Waals surface area (Å²) >= 11 is 6.53. The topological polar surface area (TPSA) is 145 Å². The van der Waals surface area contributed by atoms with Crippen molar-refractivity contribution in [3.63, 3.8) is 0 Å². The maximum Gasteiger partial charge on any atom is 0.416 e. The number of benzene rings is 2. The molecule has 0 atom stereocenters. The highest BCUT2D eigenvalue weighted by Gasteiger charge is 2.44. The third-order valence-corrected chi connectivity index (χ3v) is 8.78. The molecule has 0 aliphatic carbocycles. The Hall–Kier alpha value is -4.25. The van der Waals surface area contributed by atoms with E-state index in [9.17, 15) is 42.6 Å². The fraction of sp³-hybridized carbons (Fsp3) is 0.394. The van der Waals surface area contributed by atoms with Gasteiger partial charge in [0.1, 0.15) is 0 Å². The Morgan fingerprint density at radius 1 is 0.980 bits per heavy atom. The number of hydrogen-bond acceptors (Lipinski definition) is 7. The molecule has 1 fully saturated rings. The molecule has 0 saturated carbocycles. The molecule has 17 heteroatoms. The van der Waals surface area contributed by atoms with Crippen molar-refractivity contribution in [2.75, 3.05) is 13.2 Å². The van der Waals surface area contributed by atoms with E-state index in [4.69, 9.17) is 16.4 Å². The predicted molar refractivity (Wildman–Crippen MR) is 182 cm³/mol. The van der Waals surface area contributed by atoms with Gasteiger partial charge in [-0.2, -0.15) is 18.7 Å². The summed E-state index contributed by atoms with van der Waals surface area (Å²) in [6.07, 6.45) is -5.69. The van der Waals surface area contributed by atoms with Crippen LogP contribution in [0.4, 0.5) is 27.6 Å². The number of carbonyl (C=O) groups excluding carboxylic acids is 2. The van der Waals surface area contributed by atoms with Gasteiger partial charge in [-0.1, -0.05) is 23.7 Å². The number of nitrogens with zero attached hydrogens (tertiary/aromatic N) is 4. The van der Waals surface area contributed by atoms with Gasteiger partial charge in [0.15, 0.2) is 6.29 Å². The fourth-order valence-electron chi connectivity index (χ4n) is 5.43. The lowest BCUT2D eigenvalue weighted by atomic mass is 10.0. The van der Waals surface area contributed by atoms with Crippen molar-refractivity contribution in [1.82, 2.24) is 24.7 Å². The summed E-state index contributed by atoms with van der Waals surface area (Å²) in [5.41, 5.74) is 0.860. The molecule has 4 rings (SSSR count). The maximum absolute atomic E-state index is 13.6. The van der Waals surface area contributed by atoms with Crippen molar-refractivity contribution in [3.8, 4) is 0 Å². The second-order valence-corrected chi connectivity index (χ2v) is 14.8. The van der Waals surface area contributed by atoms with E-state index in [0.29, 0.717) is 28.2 Å². The Morgan fingerprint density at radius 2 is 1.60 bits per heavy atom. The third-order valence-electron chi connectivity index (χ3n) is 7.64. The number of thioether (sulfide) groups is 1. The lowest BCUT2D eigenvalue weighted by molar-refractivity contribution is -0.138. The first-order valence-electron chi connectivity index (χ1n) is 15.2. The summed E-state index contributed by atoms with van der Waals surface area (Å²) in [6.45, 7) is 8.97. The molecule has 1 saturated heterocycles. The zero-order valence-corrected chi connectivity index (χ0v) is 29.6. The molecule has 270 valence electrons. The molecule has 0 unspecified atom stereocenters. The molecule has 1 aromatic heterocycles. The van der Waals surface area contributed by atoms with Gasteiger partial charge in [-0.15, -0.1) is 0 Å². The molecule has 1 aliphatic heterocycles. The highest BCUT2D eigenvalue weighted by molar-refractivity contribution is 8.18. The number of aromatic nitrogens is 1. The van der Waals surface area contributed by atoms with E-state index in [1.807, 2.05) is 0 Å². The average Bonchev–Trinajstić information content (AvgIpc) is 3.48. The zero-order valence-electron chi connectivity index (χ0n) is 28.0. The van der Waals surface area contributed by atoms with Gasteiger partial charge in [-0.25, -0.2) is 9.59 Å². The number of alkyl halides is 3. The van der Waals surface area contributed by atoms with Crippen LogP contribution in [0.2, 0.25) is 5.02 Å². The number of fused-ring (bicyclic) bond motifs is 1. The van der Waals surface area contributed by atoms with Gasteiger partial charge in [0, 0.05) is 39.7 Å². The van der Waals surface area contributed by atoms with Crippen LogP contribution in [0.1, 0.15) is 58.2 Å². The van der Waals surface area contributed by atoms with Crippen LogP contribution in [-0.4, -0.2) is 83.3 Å². The predicted octanol–water partition coefficient (Wildman–Crippen LogP) is 7.76. The number of carbonyl (C=O) groups is 4. The summed E-state index contributed by atoms with van der Waals surface area (Å²) < 4.78 is 42.5. The third kappa shape index (κ3) is 8.72. The number of rotatable bonds is 10. The smallest absolute Gasteiger partial charge is 0.416 e. The van der Waals surface area contributed by atoms with Crippen LogP contribution in [0, 0.1) is 0 Å². The van der Waals surface area contributed by atoms with Crippen LogP contribution < -0.4 is 5.48 Å². The number of amides is 4. The van der Waals surface area contributed by atoms with Gasteiger partial charge < -0.3 is 14.8 Å². The van der Waals surface area contributed by atoms with E-state index in [-0.39, 0.29) is 35.2 Å². The van der Waals surface area contributed by atoms with Crippen molar-refractivity contribution >= 4 is 63.7 Å². The average molecular weight is 740 g/mol. The number of nitrogens with one attached hydrogen (secondary N) is 1. The quantitative estimate of drug-likeness (QED) is 0.0822. The number of carboxylic acid groups (broad SMARTS) is 2. The van der Waals surface area contributed by atoms with Crippen molar-refractivity contribution in [2.45, 2.75) is 71.6 Å². The number of hydroxylamine groups is 1. The SMILES string of the molecule is CC(C)(C)N(C(=O)O)C(NOCCN1C(=O)SC(=Cc2ccc3c(ccn3Cc3ccc(Cl)cc3C(F)(F)F)c2)C1=O)N(C(=O)O)C(C)(C)C. The van der Waals surface area contributed by atoms with Gasteiger partial charge in [0.05, 0.1) is 23.6 Å². The molecule has 2 heterocycles. The molecule has 1 aliphatic rings. The summed E-state index contributed by atoms with van der Waals surface area (Å²) in [4.78, 5) is 58.7. The molecule has 4 amide bonds. The second-order valence-electron chi connectivity index (χ2n) is 13.4. The normalized spacial score (nSPS) is 15.1. The largest absolute Gasteiger partial charge is 0.465 e. The minimum atomic E-state index is -4.58. The molecular formula is C33H37ClF3N5O7S. The first kappa shape index (κ1) is 38.6. The molecule has 2 aromatic carbocycles. The Kier molecular flexibility index (Phi) is 11.2. The number of hydrogen-bond donors (Lipinski definition) is 3. The standard InChI is InChI=1S/C33H37ClF3N5O7S/c1-31(2,3)41(28(44)45)27(42(29(46)47)32(4,5)6)38-49-14-13-40-26(43)25(50-30(40)48)16-19-7-10-24-20(15-19)11-12-39(24)18-21-8-9-22(34)17-23(21)33(35,36)37/h7-12,15-17,27,38H,13-14,18H2,1-6H3,(H,44,45)(H,46,47). The van der Waals surface area contributed by atoms with E-state index < -0.39 is 52.4 Å². The van der Waals surface area contributed by atoms with Gasteiger partial charge in [-0.3, -0.25) is 29.1 Å². The van der Waals surface area contributed by atoms with E-state index in [0.717, 1.165) is 20.8 Å². The highest BCUT2D eigenvalue weighted by atomic mass is 35.5. The Morgan fingerprint density at radius 3 is 2.16 bits per heavy atom. The van der Waals surface area contributed by atoms with Crippen molar-refractivity contribution in [2.24, 2.45) is 0 Å². The molecule has 0 spiro atoms. The van der Waals surface area contributed by atoms with Crippen molar-refractivity contribution < 1.29 is 47.4 Å². The molecule has 3 N–H and O–H groups in total. The van der Waals surface area contributed by atoms with E-state index in [1.165, 1.54) is 18.2 Å². The molecule has 12 nitrogen and oxygen atoms in total. The van der Waals surface area contributed by atoms with Crippen LogP contribution >= 0.6 is 23.4 Å². The van der Waals surface area contributed by atoms with Crippen LogP contribution in [0.15, 0.2) is 53.6 Å². The number of halogens is 4. The van der Waals surface area contributed by atoms with E-state index in [2.05, 4.69) is 5.48 Å². The van der Waals surface area contributed by atoms with Gasteiger partial charge >= 0.3 is 18.4 Å². The first-order valence-corrected chi connectivity index (χ1v) is 16.4. The lowest BCUT2D eigenvalue weighted by Crippen LogP contribution is -2.68. The second kappa shape index (κ2) is 14.5. The molecule has 50 heavy (non-hydrogen) atoms. The Balaban J connectivity index is 1.46. The maximum atomic E-state index is 13.6. The van der Waals surface area contributed by atoms with Crippen LogP contribution in [0.25, 0.3) is 17.0 Å². The summed E-state index contributed by atoms with van der Waals surface area (Å²) in [6, 6.07) is 10.5. The molecule has 0 radical (unpaired) electrons. The number of imide groups is 1. The summed E-state index contributed by atoms with van der Waals surface area (Å²) in [5.74, 6) is -0.594. The lowest BCUT2D eigenvalue weighted by Gasteiger charge is -2.47. The van der Waals surface area contributed by atoms with E-state index in [1.54, 1.807) is 76.6 Å². The zero-order chi connectivity index (χ0) is 37.3. The Labute approximate surface area is 295 Å². The van der Waals surface area contributed by atoms with Crippen LogP contribution in [0.5, 0.6) is 0 Å².